The summed E-state index contributed by atoms with van der Waals surface area (Å²) in [6, 6.07) is 1.55. The van der Waals surface area contributed by atoms with Crippen LogP contribution in [0.3, 0.4) is 0 Å². The molecule has 0 aromatic carbocycles. The first-order valence-electron chi connectivity index (χ1n) is 7.59. The molecule has 1 saturated heterocycles. The standard InChI is InChI=1S/C15H18N4O4S/c1-17-12(21)9-7-10(24-14(9)18(2)15(17)23)13(22)19-5-3-8(4-6-19)11(16)20/h7-8H,3-6H2,1-2H3,(H2,16,20). The monoisotopic (exact) mass is 350 g/mol. The zero-order valence-corrected chi connectivity index (χ0v) is 14.3. The summed E-state index contributed by atoms with van der Waals surface area (Å²) < 4.78 is 2.40. The molecule has 9 heteroatoms. The van der Waals surface area contributed by atoms with Gasteiger partial charge in [-0.2, -0.15) is 0 Å². The average Bonchev–Trinajstić information content (AvgIpc) is 3.03. The predicted octanol–water partition coefficient (Wildman–Crippen LogP) is -0.364. The van der Waals surface area contributed by atoms with Gasteiger partial charge in [-0.1, -0.05) is 0 Å². The minimum Gasteiger partial charge on any atom is -0.369 e. The van der Waals surface area contributed by atoms with Gasteiger partial charge in [0.25, 0.3) is 11.5 Å². The van der Waals surface area contributed by atoms with Crippen LogP contribution in [0.2, 0.25) is 0 Å². The molecule has 2 amide bonds. The van der Waals surface area contributed by atoms with Gasteiger partial charge in [0.05, 0.1) is 10.3 Å². The van der Waals surface area contributed by atoms with E-state index in [1.165, 1.54) is 11.6 Å². The molecule has 0 saturated carbocycles. The molecule has 0 radical (unpaired) electrons. The SMILES string of the molecule is Cn1c(=O)c2cc(C(=O)N3CCC(C(N)=O)CC3)sc2n(C)c1=O. The Morgan fingerprint density at radius 3 is 2.38 bits per heavy atom. The van der Waals surface area contributed by atoms with Crippen LogP contribution in [-0.2, 0) is 18.9 Å². The third-order valence-corrected chi connectivity index (χ3v) is 5.72. The molecule has 2 N–H and O–H groups in total. The molecule has 2 aromatic rings. The van der Waals surface area contributed by atoms with Crippen LogP contribution < -0.4 is 17.0 Å². The van der Waals surface area contributed by atoms with Gasteiger partial charge in [-0.15, -0.1) is 11.3 Å². The van der Waals surface area contributed by atoms with Crippen molar-refractivity contribution in [1.29, 1.82) is 0 Å². The number of amides is 2. The number of hydrogen-bond acceptors (Lipinski definition) is 5. The zero-order chi connectivity index (χ0) is 17.6. The number of rotatable bonds is 2. The fourth-order valence-electron chi connectivity index (χ4n) is 2.99. The van der Waals surface area contributed by atoms with Crippen molar-refractivity contribution in [2.45, 2.75) is 12.8 Å². The lowest BCUT2D eigenvalue weighted by molar-refractivity contribution is -0.123. The topological polar surface area (TPSA) is 107 Å². The van der Waals surface area contributed by atoms with E-state index in [1.807, 2.05) is 0 Å². The van der Waals surface area contributed by atoms with Crippen molar-refractivity contribution in [1.82, 2.24) is 14.0 Å². The number of hydrogen-bond donors (Lipinski definition) is 1. The first-order chi connectivity index (χ1) is 11.3. The minimum absolute atomic E-state index is 0.186. The molecule has 0 spiro atoms. The van der Waals surface area contributed by atoms with Crippen LogP contribution >= 0.6 is 11.3 Å². The van der Waals surface area contributed by atoms with Crippen molar-refractivity contribution in [2.24, 2.45) is 25.7 Å². The van der Waals surface area contributed by atoms with Gasteiger partial charge in [0.1, 0.15) is 4.83 Å². The third-order valence-electron chi connectivity index (χ3n) is 4.52. The largest absolute Gasteiger partial charge is 0.369 e. The summed E-state index contributed by atoms with van der Waals surface area (Å²) in [6.07, 6.45) is 1.10. The smallest absolute Gasteiger partial charge is 0.331 e. The van der Waals surface area contributed by atoms with Crippen LogP contribution in [0.5, 0.6) is 0 Å². The lowest BCUT2D eigenvalue weighted by atomic mass is 9.96. The normalized spacial score (nSPS) is 15.8. The van der Waals surface area contributed by atoms with E-state index >= 15 is 0 Å². The summed E-state index contributed by atoms with van der Waals surface area (Å²) >= 11 is 1.14. The van der Waals surface area contributed by atoms with Gasteiger partial charge >= 0.3 is 5.69 Å². The van der Waals surface area contributed by atoms with Gasteiger partial charge in [0.2, 0.25) is 5.91 Å². The average molecular weight is 350 g/mol. The molecule has 0 aliphatic carbocycles. The first-order valence-corrected chi connectivity index (χ1v) is 8.41. The Morgan fingerprint density at radius 1 is 1.17 bits per heavy atom. The van der Waals surface area contributed by atoms with E-state index < -0.39 is 11.2 Å². The molecular formula is C15H18N4O4S. The van der Waals surface area contributed by atoms with Crippen LogP contribution in [0, 0.1) is 5.92 Å². The van der Waals surface area contributed by atoms with Crippen LogP contribution in [0.15, 0.2) is 15.7 Å². The molecule has 128 valence electrons. The number of nitrogens with two attached hydrogens (primary N) is 1. The molecule has 2 aromatic heterocycles. The number of fused-ring (bicyclic) bond motifs is 1. The van der Waals surface area contributed by atoms with Crippen molar-refractivity contribution < 1.29 is 9.59 Å². The van der Waals surface area contributed by atoms with Crippen molar-refractivity contribution in [3.8, 4) is 0 Å². The minimum atomic E-state index is -0.421. The number of aryl methyl sites for hydroxylation is 1. The molecule has 0 bridgehead atoms. The molecule has 0 unspecified atom stereocenters. The van der Waals surface area contributed by atoms with Gasteiger partial charge in [-0.3, -0.25) is 23.5 Å². The zero-order valence-electron chi connectivity index (χ0n) is 13.4. The molecule has 8 nitrogen and oxygen atoms in total. The molecule has 3 rings (SSSR count). The summed E-state index contributed by atoms with van der Waals surface area (Å²) in [5.41, 5.74) is 4.48. The highest BCUT2D eigenvalue weighted by Crippen LogP contribution is 2.25. The predicted molar refractivity (Wildman–Crippen MR) is 90.1 cm³/mol. The molecular weight excluding hydrogens is 332 g/mol. The lowest BCUT2D eigenvalue weighted by Gasteiger charge is -2.30. The highest BCUT2D eigenvalue weighted by Gasteiger charge is 2.27. The number of nitrogens with zero attached hydrogens (tertiary/aromatic N) is 3. The van der Waals surface area contributed by atoms with E-state index in [9.17, 15) is 19.2 Å². The van der Waals surface area contributed by atoms with Crippen molar-refractivity contribution in [2.75, 3.05) is 13.1 Å². The maximum Gasteiger partial charge on any atom is 0.331 e. The Bertz CT molecular complexity index is 947. The Kier molecular flexibility index (Phi) is 4.04. The van der Waals surface area contributed by atoms with E-state index in [4.69, 9.17) is 5.73 Å². The molecule has 1 aliphatic heterocycles. The Morgan fingerprint density at radius 2 is 1.79 bits per heavy atom. The molecule has 1 fully saturated rings. The van der Waals surface area contributed by atoms with E-state index in [0.717, 1.165) is 15.9 Å². The van der Waals surface area contributed by atoms with Gasteiger partial charge in [-0.25, -0.2) is 4.79 Å². The second-order valence-electron chi connectivity index (χ2n) is 6.00. The Hall–Kier alpha value is -2.42. The number of likely N-dealkylation sites (tertiary alicyclic amines) is 1. The van der Waals surface area contributed by atoms with Gasteiger partial charge in [0, 0.05) is 33.1 Å². The maximum absolute atomic E-state index is 12.7. The number of piperidine rings is 1. The summed E-state index contributed by atoms with van der Waals surface area (Å²) in [6.45, 7) is 0.912. The summed E-state index contributed by atoms with van der Waals surface area (Å²) in [4.78, 5) is 50.6. The van der Waals surface area contributed by atoms with Crippen molar-refractivity contribution in [3.05, 3.63) is 31.8 Å². The summed E-state index contributed by atoms with van der Waals surface area (Å²) in [5, 5.41) is 0.361. The fourth-order valence-corrected chi connectivity index (χ4v) is 4.06. The van der Waals surface area contributed by atoms with E-state index in [2.05, 4.69) is 0 Å². The first kappa shape index (κ1) is 16.4. The second-order valence-corrected chi connectivity index (χ2v) is 7.03. The number of aromatic nitrogens is 2. The van der Waals surface area contributed by atoms with Crippen LogP contribution in [0.1, 0.15) is 22.5 Å². The molecule has 3 heterocycles. The summed E-state index contributed by atoms with van der Waals surface area (Å²) in [7, 11) is 2.99. The van der Waals surface area contributed by atoms with Crippen molar-refractivity contribution >= 4 is 33.4 Å². The van der Waals surface area contributed by atoms with Gasteiger partial charge in [-0.05, 0) is 18.9 Å². The van der Waals surface area contributed by atoms with Crippen LogP contribution in [0.4, 0.5) is 0 Å². The highest BCUT2D eigenvalue weighted by molar-refractivity contribution is 7.20. The quantitative estimate of drug-likeness (QED) is 0.798. The third kappa shape index (κ3) is 2.54. The lowest BCUT2D eigenvalue weighted by Crippen LogP contribution is -2.41. The second kappa shape index (κ2) is 5.90. The summed E-state index contributed by atoms with van der Waals surface area (Å²) in [5.74, 6) is -0.708. The number of carbonyl (C=O) groups excluding carboxylic acids is 2. The van der Waals surface area contributed by atoms with Gasteiger partial charge in [0.15, 0.2) is 0 Å². The number of carbonyl (C=O) groups is 2. The van der Waals surface area contributed by atoms with Gasteiger partial charge < -0.3 is 10.6 Å². The number of primary amides is 1. The van der Waals surface area contributed by atoms with Crippen LogP contribution in [0.25, 0.3) is 10.2 Å². The molecule has 0 atom stereocenters. The van der Waals surface area contributed by atoms with Crippen LogP contribution in [-0.4, -0.2) is 38.9 Å². The molecule has 24 heavy (non-hydrogen) atoms. The van der Waals surface area contributed by atoms with Crippen molar-refractivity contribution in [3.63, 3.8) is 0 Å². The molecule has 1 aliphatic rings. The van der Waals surface area contributed by atoms with E-state index in [-0.39, 0.29) is 17.7 Å². The number of thiophene rings is 1. The Labute approximate surface area is 141 Å². The van der Waals surface area contributed by atoms with E-state index in [0.29, 0.717) is 41.0 Å². The fraction of sp³-hybridized carbons (Fsp3) is 0.467. The van der Waals surface area contributed by atoms with E-state index in [1.54, 1.807) is 18.0 Å². The maximum atomic E-state index is 12.7. The Balaban J connectivity index is 1.93. The highest BCUT2D eigenvalue weighted by atomic mass is 32.1.